The van der Waals surface area contributed by atoms with E-state index in [2.05, 4.69) is 10.6 Å². The smallest absolute Gasteiger partial charge is 0.0462 e. The highest BCUT2D eigenvalue weighted by atomic mass is 35.5. The van der Waals surface area contributed by atoms with Gasteiger partial charge in [0.05, 0.1) is 0 Å². The van der Waals surface area contributed by atoms with Crippen LogP contribution in [0.15, 0.2) is 18.2 Å². The first kappa shape index (κ1) is 16.3. The van der Waals surface area contributed by atoms with Crippen molar-refractivity contribution in [2.75, 3.05) is 19.6 Å². The minimum absolute atomic E-state index is 0. The standard InChI is InChI=1S/C10H12Cl2N2.2ClH/c11-7-1-2-9(12)8(5-7)10-6-13-3-4-14-10;;/h1-2,5,10,13-14H,3-4,6H2;2*1H/t10-;;/m0../s1. The molecular formula is C10H14Cl4N2. The Morgan fingerprint density at radius 2 is 1.88 bits per heavy atom. The summed E-state index contributed by atoms with van der Waals surface area (Å²) in [6.07, 6.45) is 0. The van der Waals surface area contributed by atoms with Crippen molar-refractivity contribution in [3.05, 3.63) is 33.8 Å². The largest absolute Gasteiger partial charge is 0.314 e. The zero-order valence-corrected chi connectivity index (χ0v) is 11.6. The second-order valence-corrected chi connectivity index (χ2v) is 4.22. The van der Waals surface area contributed by atoms with Gasteiger partial charge in [0.1, 0.15) is 0 Å². The third kappa shape index (κ3) is 3.95. The Kier molecular flexibility index (Phi) is 7.73. The highest BCUT2D eigenvalue weighted by molar-refractivity contribution is 6.33. The van der Waals surface area contributed by atoms with Crippen LogP contribution in [0.1, 0.15) is 11.6 Å². The van der Waals surface area contributed by atoms with Gasteiger partial charge in [-0.15, -0.1) is 24.8 Å². The van der Waals surface area contributed by atoms with Gasteiger partial charge in [-0.25, -0.2) is 0 Å². The Bertz CT molecular complexity index is 327. The maximum Gasteiger partial charge on any atom is 0.0462 e. The minimum atomic E-state index is 0. The van der Waals surface area contributed by atoms with Crippen molar-refractivity contribution in [2.24, 2.45) is 0 Å². The molecule has 2 nitrogen and oxygen atoms in total. The van der Waals surface area contributed by atoms with Crippen molar-refractivity contribution in [3.8, 4) is 0 Å². The molecule has 0 radical (unpaired) electrons. The van der Waals surface area contributed by atoms with Gasteiger partial charge in [-0.3, -0.25) is 0 Å². The molecule has 0 unspecified atom stereocenters. The number of hydrogen-bond acceptors (Lipinski definition) is 2. The van der Waals surface area contributed by atoms with E-state index < -0.39 is 0 Å². The molecule has 1 atom stereocenters. The molecule has 1 aliphatic heterocycles. The SMILES string of the molecule is Cl.Cl.Clc1ccc(Cl)c([C@@H]2CNCCN2)c1. The maximum absolute atomic E-state index is 6.10. The lowest BCUT2D eigenvalue weighted by atomic mass is 10.1. The molecule has 0 amide bonds. The summed E-state index contributed by atoms with van der Waals surface area (Å²) >= 11 is 12.0. The molecule has 1 heterocycles. The van der Waals surface area contributed by atoms with E-state index in [0.29, 0.717) is 0 Å². The average Bonchev–Trinajstić information content (AvgIpc) is 2.23. The van der Waals surface area contributed by atoms with Gasteiger partial charge in [0.2, 0.25) is 0 Å². The van der Waals surface area contributed by atoms with E-state index >= 15 is 0 Å². The van der Waals surface area contributed by atoms with E-state index in [1.807, 2.05) is 18.2 Å². The summed E-state index contributed by atoms with van der Waals surface area (Å²) < 4.78 is 0. The zero-order valence-electron chi connectivity index (χ0n) is 8.50. The number of halogens is 4. The molecule has 0 bridgehead atoms. The van der Waals surface area contributed by atoms with Crippen LogP contribution in [0.25, 0.3) is 0 Å². The summed E-state index contributed by atoms with van der Waals surface area (Å²) in [5.41, 5.74) is 1.08. The molecular weight excluding hydrogens is 290 g/mol. The van der Waals surface area contributed by atoms with E-state index in [-0.39, 0.29) is 30.9 Å². The molecule has 2 N–H and O–H groups in total. The summed E-state index contributed by atoms with van der Waals surface area (Å²) in [6, 6.07) is 5.85. The lowest BCUT2D eigenvalue weighted by Crippen LogP contribution is -2.42. The molecule has 6 heteroatoms. The molecule has 0 saturated carbocycles. The minimum Gasteiger partial charge on any atom is -0.314 e. The Labute approximate surface area is 118 Å². The normalized spacial score (nSPS) is 19.5. The fourth-order valence-corrected chi connectivity index (χ4v) is 2.08. The third-order valence-electron chi connectivity index (χ3n) is 2.37. The van der Waals surface area contributed by atoms with Crippen molar-refractivity contribution < 1.29 is 0 Å². The summed E-state index contributed by atoms with van der Waals surface area (Å²) in [7, 11) is 0. The van der Waals surface area contributed by atoms with Crippen molar-refractivity contribution in [2.45, 2.75) is 6.04 Å². The van der Waals surface area contributed by atoms with Crippen LogP contribution in [-0.2, 0) is 0 Å². The van der Waals surface area contributed by atoms with Gasteiger partial charge in [-0.05, 0) is 23.8 Å². The predicted molar refractivity (Wildman–Crippen MR) is 74.6 cm³/mol. The number of rotatable bonds is 1. The number of piperazine rings is 1. The lowest BCUT2D eigenvalue weighted by Gasteiger charge is -2.25. The first-order valence-electron chi connectivity index (χ1n) is 4.66. The van der Waals surface area contributed by atoms with Crippen LogP contribution >= 0.6 is 48.0 Å². The van der Waals surface area contributed by atoms with E-state index in [1.54, 1.807) is 0 Å². The topological polar surface area (TPSA) is 24.1 Å². The molecule has 1 saturated heterocycles. The third-order valence-corrected chi connectivity index (χ3v) is 2.95. The molecule has 92 valence electrons. The fraction of sp³-hybridized carbons (Fsp3) is 0.400. The van der Waals surface area contributed by atoms with Gasteiger partial charge < -0.3 is 10.6 Å². The van der Waals surface area contributed by atoms with Crippen molar-refractivity contribution in [1.29, 1.82) is 0 Å². The highest BCUT2D eigenvalue weighted by Crippen LogP contribution is 2.26. The Balaban J connectivity index is 0.00000112. The molecule has 1 aliphatic rings. The second-order valence-electron chi connectivity index (χ2n) is 3.38. The van der Waals surface area contributed by atoms with Gasteiger partial charge in [-0.2, -0.15) is 0 Å². The van der Waals surface area contributed by atoms with Crippen LogP contribution in [0.2, 0.25) is 10.0 Å². The van der Waals surface area contributed by atoms with Crippen molar-refractivity contribution in [3.63, 3.8) is 0 Å². The Morgan fingerprint density at radius 3 is 2.50 bits per heavy atom. The van der Waals surface area contributed by atoms with Gasteiger partial charge in [-0.1, -0.05) is 23.2 Å². The molecule has 1 aromatic rings. The van der Waals surface area contributed by atoms with E-state index in [1.165, 1.54) is 0 Å². The van der Waals surface area contributed by atoms with Crippen LogP contribution in [0.4, 0.5) is 0 Å². The van der Waals surface area contributed by atoms with Gasteiger partial charge in [0.15, 0.2) is 0 Å². The quantitative estimate of drug-likeness (QED) is 0.833. The van der Waals surface area contributed by atoms with Crippen molar-refractivity contribution >= 4 is 48.0 Å². The Morgan fingerprint density at radius 1 is 1.12 bits per heavy atom. The van der Waals surface area contributed by atoms with E-state index in [9.17, 15) is 0 Å². The number of hydrogen-bond donors (Lipinski definition) is 2. The summed E-state index contributed by atoms with van der Waals surface area (Å²) in [5.74, 6) is 0. The fourth-order valence-electron chi connectivity index (χ4n) is 1.65. The number of benzene rings is 1. The van der Waals surface area contributed by atoms with Crippen LogP contribution < -0.4 is 10.6 Å². The van der Waals surface area contributed by atoms with Crippen LogP contribution in [0.5, 0.6) is 0 Å². The molecule has 0 aromatic heterocycles. The van der Waals surface area contributed by atoms with Gasteiger partial charge >= 0.3 is 0 Å². The molecule has 2 rings (SSSR count). The molecule has 0 spiro atoms. The summed E-state index contributed by atoms with van der Waals surface area (Å²) in [4.78, 5) is 0. The lowest BCUT2D eigenvalue weighted by molar-refractivity contribution is 0.430. The second kappa shape index (κ2) is 7.59. The van der Waals surface area contributed by atoms with Crippen LogP contribution in [0, 0.1) is 0 Å². The van der Waals surface area contributed by atoms with Crippen molar-refractivity contribution in [1.82, 2.24) is 10.6 Å². The first-order valence-corrected chi connectivity index (χ1v) is 5.42. The Hall–Kier alpha value is 0.300. The molecule has 16 heavy (non-hydrogen) atoms. The van der Waals surface area contributed by atoms with Gasteiger partial charge in [0.25, 0.3) is 0 Å². The maximum atomic E-state index is 6.10. The summed E-state index contributed by atoms with van der Waals surface area (Å²) in [6.45, 7) is 2.88. The molecule has 1 fully saturated rings. The van der Waals surface area contributed by atoms with Crippen LogP contribution in [0.3, 0.4) is 0 Å². The highest BCUT2D eigenvalue weighted by Gasteiger charge is 2.16. The van der Waals surface area contributed by atoms with Gasteiger partial charge in [0, 0.05) is 35.7 Å². The van der Waals surface area contributed by atoms with E-state index in [4.69, 9.17) is 23.2 Å². The number of nitrogens with one attached hydrogen (secondary N) is 2. The monoisotopic (exact) mass is 302 g/mol. The predicted octanol–water partition coefficient (Wildman–Crippen LogP) is 3.07. The van der Waals surface area contributed by atoms with E-state index in [0.717, 1.165) is 35.2 Å². The zero-order chi connectivity index (χ0) is 9.97. The summed E-state index contributed by atoms with van der Waals surface area (Å²) in [5, 5.41) is 8.22. The molecule has 1 aromatic carbocycles. The first-order chi connectivity index (χ1) is 6.77. The van der Waals surface area contributed by atoms with Crippen LogP contribution in [-0.4, -0.2) is 19.6 Å². The average molecular weight is 304 g/mol. The molecule has 0 aliphatic carbocycles.